The molecule has 0 rings (SSSR count). The molecule has 0 radical (unpaired) electrons. The van der Waals surface area contributed by atoms with Gasteiger partial charge in [-0.25, -0.2) is 0 Å². The fraction of sp³-hybridized carbons (Fsp3) is 0.778. The van der Waals surface area contributed by atoms with E-state index in [-0.39, 0.29) is 0 Å². The second-order valence-corrected chi connectivity index (χ2v) is 3.99. The van der Waals surface area contributed by atoms with Crippen molar-refractivity contribution >= 4 is 31.9 Å². The van der Waals surface area contributed by atoms with Gasteiger partial charge in [-0.05, 0) is 30.2 Å². The summed E-state index contributed by atoms with van der Waals surface area (Å²) in [5.41, 5.74) is 0. The zero-order valence-electron chi connectivity index (χ0n) is 7.02. The fourth-order valence-corrected chi connectivity index (χ4v) is 1.87. The Bertz CT molecular complexity index is 99.7. The Morgan fingerprint density at radius 2 is 2.09 bits per heavy atom. The highest BCUT2D eigenvalue weighted by Gasteiger charge is 1.99. The van der Waals surface area contributed by atoms with Crippen molar-refractivity contribution in [2.45, 2.75) is 32.6 Å². The van der Waals surface area contributed by atoms with E-state index in [0.29, 0.717) is 0 Å². The third kappa shape index (κ3) is 7.07. The average Bonchev–Trinajstić information content (AvgIpc) is 2.03. The highest BCUT2D eigenvalue weighted by Crippen LogP contribution is 2.15. The second-order valence-electron chi connectivity index (χ2n) is 2.67. The maximum Gasteiger partial charge on any atom is 0.00313 e. The molecule has 0 spiro atoms. The van der Waals surface area contributed by atoms with Crippen LogP contribution in [-0.4, -0.2) is 5.33 Å². The SMILES string of the molecule is CCC(C=CBr)CCCCBr. The minimum atomic E-state index is 0.772. The largest absolute Gasteiger partial charge is 0.0928 e. The van der Waals surface area contributed by atoms with Crippen LogP contribution in [-0.2, 0) is 0 Å². The molecule has 0 aliphatic heterocycles. The van der Waals surface area contributed by atoms with Crippen LogP contribution >= 0.6 is 31.9 Å². The summed E-state index contributed by atoms with van der Waals surface area (Å²) in [5, 5.41) is 1.14. The van der Waals surface area contributed by atoms with Crippen LogP contribution < -0.4 is 0 Å². The topological polar surface area (TPSA) is 0 Å². The van der Waals surface area contributed by atoms with Crippen LogP contribution in [0.1, 0.15) is 32.6 Å². The molecule has 0 aliphatic rings. The Labute approximate surface area is 86.7 Å². The first-order valence-corrected chi connectivity index (χ1v) is 6.21. The number of rotatable bonds is 6. The van der Waals surface area contributed by atoms with E-state index in [0.717, 1.165) is 11.2 Å². The van der Waals surface area contributed by atoms with Gasteiger partial charge in [-0.15, -0.1) is 0 Å². The third-order valence-electron chi connectivity index (χ3n) is 1.83. The van der Waals surface area contributed by atoms with Crippen LogP contribution in [0.4, 0.5) is 0 Å². The van der Waals surface area contributed by atoms with E-state index in [2.05, 4.69) is 44.9 Å². The van der Waals surface area contributed by atoms with Crippen molar-refractivity contribution in [2.24, 2.45) is 5.92 Å². The van der Waals surface area contributed by atoms with Crippen molar-refractivity contribution in [3.8, 4) is 0 Å². The molecular formula is C9H16Br2. The maximum absolute atomic E-state index is 3.43. The monoisotopic (exact) mass is 282 g/mol. The minimum Gasteiger partial charge on any atom is -0.0928 e. The van der Waals surface area contributed by atoms with Crippen LogP contribution in [0.2, 0.25) is 0 Å². The van der Waals surface area contributed by atoms with Crippen LogP contribution in [0.25, 0.3) is 0 Å². The summed E-state index contributed by atoms with van der Waals surface area (Å²) in [6.45, 7) is 2.24. The number of alkyl halides is 1. The minimum absolute atomic E-state index is 0.772. The Morgan fingerprint density at radius 1 is 1.36 bits per heavy atom. The van der Waals surface area contributed by atoms with E-state index < -0.39 is 0 Å². The summed E-state index contributed by atoms with van der Waals surface area (Å²) in [4.78, 5) is 1.98. The van der Waals surface area contributed by atoms with Gasteiger partial charge in [0.25, 0.3) is 0 Å². The third-order valence-corrected chi connectivity index (χ3v) is 2.69. The summed E-state index contributed by atoms with van der Waals surface area (Å²) in [5.74, 6) is 0.772. The summed E-state index contributed by atoms with van der Waals surface area (Å²) < 4.78 is 0. The van der Waals surface area contributed by atoms with Gasteiger partial charge in [-0.1, -0.05) is 51.3 Å². The van der Waals surface area contributed by atoms with Gasteiger partial charge in [0.15, 0.2) is 0 Å². The molecule has 0 aromatic heterocycles. The summed E-state index contributed by atoms with van der Waals surface area (Å²) in [7, 11) is 0. The summed E-state index contributed by atoms with van der Waals surface area (Å²) in [6, 6.07) is 0. The van der Waals surface area contributed by atoms with Crippen LogP contribution in [0, 0.1) is 5.92 Å². The maximum atomic E-state index is 3.43. The van der Waals surface area contributed by atoms with Gasteiger partial charge in [0.1, 0.15) is 0 Å². The number of hydrogen-bond donors (Lipinski definition) is 0. The number of hydrogen-bond acceptors (Lipinski definition) is 0. The lowest BCUT2D eigenvalue weighted by Crippen LogP contribution is -1.93. The molecular weight excluding hydrogens is 268 g/mol. The quantitative estimate of drug-likeness (QED) is 0.498. The molecule has 0 bridgehead atoms. The molecule has 0 nitrogen and oxygen atoms in total. The molecule has 0 fully saturated rings. The Kier molecular flexibility index (Phi) is 9.35. The van der Waals surface area contributed by atoms with Crippen LogP contribution in [0.5, 0.6) is 0 Å². The molecule has 0 amide bonds. The molecule has 0 heterocycles. The lowest BCUT2D eigenvalue weighted by molar-refractivity contribution is 0.543. The van der Waals surface area contributed by atoms with Gasteiger partial charge < -0.3 is 0 Å². The van der Waals surface area contributed by atoms with E-state index in [1.807, 2.05) is 4.99 Å². The van der Waals surface area contributed by atoms with Crippen molar-refractivity contribution in [3.63, 3.8) is 0 Å². The van der Waals surface area contributed by atoms with Crippen LogP contribution in [0.15, 0.2) is 11.1 Å². The van der Waals surface area contributed by atoms with Gasteiger partial charge in [0.05, 0.1) is 0 Å². The van der Waals surface area contributed by atoms with Crippen molar-refractivity contribution in [2.75, 3.05) is 5.33 Å². The van der Waals surface area contributed by atoms with E-state index in [1.54, 1.807) is 0 Å². The van der Waals surface area contributed by atoms with E-state index in [9.17, 15) is 0 Å². The first-order chi connectivity index (χ1) is 5.35. The van der Waals surface area contributed by atoms with Gasteiger partial charge in [0, 0.05) is 5.33 Å². The Balaban J connectivity index is 3.36. The van der Waals surface area contributed by atoms with Gasteiger partial charge in [0.2, 0.25) is 0 Å². The highest BCUT2D eigenvalue weighted by atomic mass is 79.9. The molecule has 11 heavy (non-hydrogen) atoms. The van der Waals surface area contributed by atoms with E-state index in [4.69, 9.17) is 0 Å². The highest BCUT2D eigenvalue weighted by molar-refractivity contribution is 9.11. The molecule has 0 aromatic rings. The normalized spacial score (nSPS) is 14.1. The Hall–Kier alpha value is 0.700. The predicted octanol–water partition coefficient (Wildman–Crippen LogP) is 4.49. The average molecular weight is 284 g/mol. The first kappa shape index (κ1) is 11.7. The molecule has 0 saturated heterocycles. The molecule has 0 saturated carbocycles. The Morgan fingerprint density at radius 3 is 2.55 bits per heavy atom. The lowest BCUT2D eigenvalue weighted by Gasteiger charge is -2.07. The van der Waals surface area contributed by atoms with E-state index in [1.165, 1.54) is 25.7 Å². The molecule has 66 valence electrons. The number of unbranched alkanes of at least 4 members (excludes halogenated alkanes) is 1. The standard InChI is InChI=1S/C9H16Br2/c1-2-9(6-8-11)5-3-4-7-10/h6,8-9H,2-5,7H2,1H3. The fourth-order valence-electron chi connectivity index (χ4n) is 1.04. The van der Waals surface area contributed by atoms with Gasteiger partial charge in [-0.3, -0.25) is 0 Å². The molecule has 0 N–H and O–H groups in total. The summed E-state index contributed by atoms with van der Waals surface area (Å²) >= 11 is 6.74. The lowest BCUT2D eigenvalue weighted by atomic mass is 10.00. The zero-order chi connectivity index (χ0) is 8.53. The molecule has 1 atom stereocenters. The predicted molar refractivity (Wildman–Crippen MR) is 59.5 cm³/mol. The molecule has 1 unspecified atom stereocenters. The van der Waals surface area contributed by atoms with E-state index >= 15 is 0 Å². The van der Waals surface area contributed by atoms with Crippen LogP contribution in [0.3, 0.4) is 0 Å². The first-order valence-electron chi connectivity index (χ1n) is 4.18. The smallest absolute Gasteiger partial charge is 0.00313 e. The van der Waals surface area contributed by atoms with Gasteiger partial charge >= 0.3 is 0 Å². The van der Waals surface area contributed by atoms with Gasteiger partial charge in [-0.2, -0.15) is 0 Å². The molecule has 0 aliphatic carbocycles. The molecule has 0 aromatic carbocycles. The van der Waals surface area contributed by atoms with Crippen molar-refractivity contribution in [1.29, 1.82) is 0 Å². The number of allylic oxidation sites excluding steroid dienone is 1. The summed E-state index contributed by atoms with van der Waals surface area (Å²) in [6.07, 6.45) is 7.45. The number of halogens is 2. The zero-order valence-corrected chi connectivity index (χ0v) is 10.2. The second kappa shape index (κ2) is 8.79. The van der Waals surface area contributed by atoms with Crippen molar-refractivity contribution < 1.29 is 0 Å². The van der Waals surface area contributed by atoms with Crippen molar-refractivity contribution in [3.05, 3.63) is 11.1 Å². The molecule has 2 heteroatoms. The van der Waals surface area contributed by atoms with Crippen molar-refractivity contribution in [1.82, 2.24) is 0 Å².